The summed E-state index contributed by atoms with van der Waals surface area (Å²) in [5.74, 6) is -0.498. The standard InChI is InChI=1S/C17H25NO4S/c1-3-22-17(19)14-9-8-12-16(13-14)23(20,21)18(2)15-10-6-4-5-7-11-15/h8-9,12-13,15H,3-7,10-11H2,1-2H3. The Labute approximate surface area is 138 Å². The Morgan fingerprint density at radius 1 is 1.22 bits per heavy atom. The van der Waals surface area contributed by atoms with E-state index in [4.69, 9.17) is 4.74 Å². The summed E-state index contributed by atoms with van der Waals surface area (Å²) in [6.45, 7) is 1.98. The van der Waals surface area contributed by atoms with Crippen molar-refractivity contribution in [3.8, 4) is 0 Å². The summed E-state index contributed by atoms with van der Waals surface area (Å²) in [7, 11) is -1.96. The summed E-state index contributed by atoms with van der Waals surface area (Å²) < 4.78 is 32.1. The van der Waals surface area contributed by atoms with Gasteiger partial charge in [-0.2, -0.15) is 4.31 Å². The molecule has 1 fully saturated rings. The largest absolute Gasteiger partial charge is 0.462 e. The van der Waals surface area contributed by atoms with Crippen molar-refractivity contribution in [3.05, 3.63) is 29.8 Å². The molecule has 0 N–H and O–H groups in total. The van der Waals surface area contributed by atoms with Crippen LogP contribution in [0.3, 0.4) is 0 Å². The number of sulfonamides is 1. The van der Waals surface area contributed by atoms with E-state index in [-0.39, 0.29) is 23.1 Å². The molecular formula is C17H25NO4S. The van der Waals surface area contributed by atoms with Gasteiger partial charge in [-0.3, -0.25) is 0 Å². The van der Waals surface area contributed by atoms with Crippen molar-refractivity contribution in [3.63, 3.8) is 0 Å². The van der Waals surface area contributed by atoms with Crippen LogP contribution in [0.2, 0.25) is 0 Å². The van der Waals surface area contributed by atoms with E-state index >= 15 is 0 Å². The fourth-order valence-corrected chi connectivity index (χ4v) is 4.44. The molecule has 1 aromatic carbocycles. The van der Waals surface area contributed by atoms with Gasteiger partial charge in [0.15, 0.2) is 0 Å². The van der Waals surface area contributed by atoms with E-state index in [0.717, 1.165) is 25.7 Å². The first-order valence-electron chi connectivity index (χ1n) is 8.22. The minimum absolute atomic E-state index is 0.0359. The second-order valence-corrected chi connectivity index (χ2v) is 7.91. The summed E-state index contributed by atoms with van der Waals surface area (Å²) in [6, 6.07) is 6.13. The van der Waals surface area contributed by atoms with Gasteiger partial charge in [-0.25, -0.2) is 13.2 Å². The lowest BCUT2D eigenvalue weighted by molar-refractivity contribution is 0.0526. The highest BCUT2D eigenvalue weighted by molar-refractivity contribution is 7.89. The summed E-state index contributed by atoms with van der Waals surface area (Å²) in [4.78, 5) is 12.0. The zero-order valence-corrected chi connectivity index (χ0v) is 14.6. The van der Waals surface area contributed by atoms with Crippen LogP contribution in [0.15, 0.2) is 29.2 Å². The Morgan fingerprint density at radius 3 is 2.48 bits per heavy atom. The monoisotopic (exact) mass is 339 g/mol. The van der Waals surface area contributed by atoms with Crippen molar-refractivity contribution in [1.82, 2.24) is 4.31 Å². The number of nitrogens with zero attached hydrogens (tertiary/aromatic N) is 1. The first-order chi connectivity index (χ1) is 11.0. The number of ether oxygens (including phenoxy) is 1. The quantitative estimate of drug-likeness (QED) is 0.610. The molecule has 0 radical (unpaired) electrons. The molecular weight excluding hydrogens is 314 g/mol. The van der Waals surface area contributed by atoms with Gasteiger partial charge < -0.3 is 4.74 Å². The van der Waals surface area contributed by atoms with Crippen LogP contribution in [0.4, 0.5) is 0 Å². The molecule has 0 unspecified atom stereocenters. The lowest BCUT2D eigenvalue weighted by atomic mass is 10.1. The molecule has 1 aliphatic rings. The van der Waals surface area contributed by atoms with Crippen molar-refractivity contribution >= 4 is 16.0 Å². The summed E-state index contributed by atoms with van der Waals surface area (Å²) in [6.07, 6.45) is 6.26. The average Bonchev–Trinajstić information content (AvgIpc) is 2.83. The van der Waals surface area contributed by atoms with E-state index in [1.165, 1.54) is 29.3 Å². The van der Waals surface area contributed by atoms with Gasteiger partial charge in [-0.15, -0.1) is 0 Å². The van der Waals surface area contributed by atoms with Crippen LogP contribution in [0.25, 0.3) is 0 Å². The third kappa shape index (κ3) is 4.32. The molecule has 0 aromatic heterocycles. The Hall–Kier alpha value is -1.40. The predicted octanol–water partition coefficient (Wildman–Crippen LogP) is 3.21. The van der Waals surface area contributed by atoms with Crippen molar-refractivity contribution in [1.29, 1.82) is 0 Å². The number of esters is 1. The molecule has 1 aromatic rings. The molecule has 0 aliphatic heterocycles. The molecule has 5 nitrogen and oxygen atoms in total. The number of benzene rings is 1. The van der Waals surface area contributed by atoms with Crippen molar-refractivity contribution in [2.75, 3.05) is 13.7 Å². The molecule has 0 atom stereocenters. The molecule has 0 saturated heterocycles. The maximum Gasteiger partial charge on any atom is 0.338 e. The van der Waals surface area contributed by atoms with Gasteiger partial charge in [-0.05, 0) is 38.0 Å². The van der Waals surface area contributed by atoms with Gasteiger partial charge in [-0.1, -0.05) is 31.7 Å². The van der Waals surface area contributed by atoms with Gasteiger partial charge in [0.05, 0.1) is 17.1 Å². The highest BCUT2D eigenvalue weighted by atomic mass is 32.2. The Bertz CT molecular complexity index is 634. The second-order valence-electron chi connectivity index (χ2n) is 5.91. The molecule has 0 bridgehead atoms. The number of hydrogen-bond acceptors (Lipinski definition) is 4. The number of carbonyl (C=O) groups excluding carboxylic acids is 1. The molecule has 1 saturated carbocycles. The van der Waals surface area contributed by atoms with E-state index in [1.807, 2.05) is 0 Å². The zero-order valence-electron chi connectivity index (χ0n) is 13.8. The fourth-order valence-electron chi connectivity index (χ4n) is 2.98. The highest BCUT2D eigenvalue weighted by Gasteiger charge is 2.29. The van der Waals surface area contributed by atoms with Crippen LogP contribution < -0.4 is 0 Å². The summed E-state index contributed by atoms with van der Waals surface area (Å²) >= 11 is 0. The zero-order chi connectivity index (χ0) is 16.9. The highest BCUT2D eigenvalue weighted by Crippen LogP contribution is 2.26. The van der Waals surface area contributed by atoms with Crippen molar-refractivity contribution in [2.45, 2.75) is 56.4 Å². The predicted molar refractivity (Wildman–Crippen MR) is 88.8 cm³/mol. The molecule has 2 rings (SSSR count). The third-order valence-corrected chi connectivity index (χ3v) is 6.27. The number of carbonyl (C=O) groups is 1. The van der Waals surface area contributed by atoms with Crippen LogP contribution in [0.1, 0.15) is 55.8 Å². The lowest BCUT2D eigenvalue weighted by Gasteiger charge is -2.26. The molecule has 0 heterocycles. The molecule has 0 amide bonds. The summed E-state index contributed by atoms with van der Waals surface area (Å²) in [5.41, 5.74) is 0.266. The number of hydrogen-bond donors (Lipinski definition) is 0. The number of rotatable bonds is 5. The first-order valence-corrected chi connectivity index (χ1v) is 9.66. The van der Waals surface area contributed by atoms with Crippen LogP contribution in [0.5, 0.6) is 0 Å². The Balaban J connectivity index is 2.24. The molecule has 0 spiro atoms. The molecule has 128 valence electrons. The van der Waals surface area contributed by atoms with Crippen LogP contribution in [-0.2, 0) is 14.8 Å². The van der Waals surface area contributed by atoms with E-state index in [2.05, 4.69) is 0 Å². The first kappa shape index (κ1) is 17.9. The van der Waals surface area contributed by atoms with Crippen molar-refractivity contribution in [2.24, 2.45) is 0 Å². The Morgan fingerprint density at radius 2 is 1.87 bits per heavy atom. The molecule has 1 aliphatic carbocycles. The molecule has 6 heteroatoms. The minimum Gasteiger partial charge on any atom is -0.462 e. The van der Waals surface area contributed by atoms with Gasteiger partial charge in [0.2, 0.25) is 10.0 Å². The van der Waals surface area contributed by atoms with Gasteiger partial charge in [0.1, 0.15) is 0 Å². The normalized spacial score (nSPS) is 17.0. The van der Waals surface area contributed by atoms with E-state index in [9.17, 15) is 13.2 Å². The van der Waals surface area contributed by atoms with Gasteiger partial charge >= 0.3 is 5.97 Å². The average molecular weight is 339 g/mol. The minimum atomic E-state index is -3.60. The van der Waals surface area contributed by atoms with E-state index in [0.29, 0.717) is 0 Å². The maximum absolute atomic E-state index is 12.9. The van der Waals surface area contributed by atoms with E-state index < -0.39 is 16.0 Å². The fraction of sp³-hybridized carbons (Fsp3) is 0.588. The Kier molecular flexibility index (Phi) is 6.18. The third-order valence-electron chi connectivity index (χ3n) is 4.36. The van der Waals surface area contributed by atoms with Crippen LogP contribution in [-0.4, -0.2) is 38.4 Å². The second kappa shape index (κ2) is 7.93. The smallest absolute Gasteiger partial charge is 0.338 e. The maximum atomic E-state index is 12.9. The van der Waals surface area contributed by atoms with E-state index in [1.54, 1.807) is 26.1 Å². The van der Waals surface area contributed by atoms with Gasteiger partial charge in [0, 0.05) is 13.1 Å². The topological polar surface area (TPSA) is 63.7 Å². The summed E-state index contributed by atoms with van der Waals surface area (Å²) in [5, 5.41) is 0. The van der Waals surface area contributed by atoms with Gasteiger partial charge in [0.25, 0.3) is 0 Å². The van der Waals surface area contributed by atoms with Crippen molar-refractivity contribution < 1.29 is 17.9 Å². The van der Waals surface area contributed by atoms with Crippen LogP contribution in [0, 0.1) is 0 Å². The van der Waals surface area contributed by atoms with Crippen LogP contribution >= 0.6 is 0 Å². The SMILES string of the molecule is CCOC(=O)c1cccc(S(=O)(=O)N(C)C2CCCCCC2)c1. The lowest BCUT2D eigenvalue weighted by Crippen LogP contribution is -2.36. The molecule has 23 heavy (non-hydrogen) atoms.